The highest BCUT2D eigenvalue weighted by atomic mass is 16.6. The van der Waals surface area contributed by atoms with E-state index in [2.05, 4.69) is 0 Å². The van der Waals surface area contributed by atoms with Crippen LogP contribution in [0.3, 0.4) is 0 Å². The number of methoxy groups -OCH3 is 1. The van der Waals surface area contributed by atoms with Crippen molar-refractivity contribution in [3.05, 3.63) is 28.8 Å². The van der Waals surface area contributed by atoms with E-state index < -0.39 is 0 Å². The molecule has 3 nitrogen and oxygen atoms in total. The van der Waals surface area contributed by atoms with Crippen molar-refractivity contribution in [2.45, 2.75) is 20.0 Å². The standard InChI is InChI=1S/C12H14O3/c1-7-4-8(2)11(9(5-7)14-3)12(13)10-6-15-10/h4-5,10H,6H2,1-3H3. The number of aryl methyl sites for hydroxylation is 2. The lowest BCUT2D eigenvalue weighted by Crippen LogP contribution is -2.11. The van der Waals surface area contributed by atoms with Crippen molar-refractivity contribution in [2.24, 2.45) is 0 Å². The summed E-state index contributed by atoms with van der Waals surface area (Å²) in [5, 5.41) is 0. The number of ether oxygens (including phenoxy) is 2. The zero-order valence-corrected chi connectivity index (χ0v) is 9.16. The number of benzene rings is 1. The minimum absolute atomic E-state index is 0.0318. The first-order valence-electron chi connectivity index (χ1n) is 4.94. The van der Waals surface area contributed by atoms with Crippen molar-refractivity contribution in [3.63, 3.8) is 0 Å². The smallest absolute Gasteiger partial charge is 0.197 e. The summed E-state index contributed by atoms with van der Waals surface area (Å²) >= 11 is 0. The van der Waals surface area contributed by atoms with E-state index in [1.54, 1.807) is 7.11 Å². The monoisotopic (exact) mass is 206 g/mol. The number of hydrogen-bond acceptors (Lipinski definition) is 3. The highest BCUT2D eigenvalue weighted by molar-refractivity contribution is 6.04. The fourth-order valence-electron chi connectivity index (χ4n) is 1.77. The van der Waals surface area contributed by atoms with Crippen LogP contribution in [0, 0.1) is 13.8 Å². The van der Waals surface area contributed by atoms with Crippen LogP contribution in [0.5, 0.6) is 5.75 Å². The molecule has 0 radical (unpaired) electrons. The summed E-state index contributed by atoms with van der Waals surface area (Å²) in [5.74, 6) is 0.678. The molecule has 1 aliphatic heterocycles. The Balaban J connectivity index is 2.47. The van der Waals surface area contributed by atoms with Gasteiger partial charge in [-0.1, -0.05) is 6.07 Å². The number of carbonyl (C=O) groups excluding carboxylic acids is 1. The average Bonchev–Trinajstić information content (AvgIpc) is 2.98. The van der Waals surface area contributed by atoms with Crippen LogP contribution in [0.2, 0.25) is 0 Å². The maximum absolute atomic E-state index is 11.9. The summed E-state index contributed by atoms with van der Waals surface area (Å²) < 4.78 is 10.2. The molecular formula is C12H14O3. The minimum atomic E-state index is -0.250. The van der Waals surface area contributed by atoms with Gasteiger partial charge in [-0.25, -0.2) is 0 Å². The number of carbonyl (C=O) groups is 1. The first kappa shape index (κ1) is 10.2. The van der Waals surface area contributed by atoms with Crippen LogP contribution in [-0.2, 0) is 4.74 Å². The van der Waals surface area contributed by atoms with Crippen molar-refractivity contribution >= 4 is 5.78 Å². The SMILES string of the molecule is COc1cc(C)cc(C)c1C(=O)C1CO1. The third kappa shape index (κ3) is 1.88. The van der Waals surface area contributed by atoms with E-state index in [9.17, 15) is 4.79 Å². The molecule has 1 unspecified atom stereocenters. The van der Waals surface area contributed by atoms with Gasteiger partial charge in [-0.05, 0) is 31.0 Å². The molecular weight excluding hydrogens is 192 g/mol. The minimum Gasteiger partial charge on any atom is -0.496 e. The van der Waals surface area contributed by atoms with Crippen LogP contribution in [0.1, 0.15) is 21.5 Å². The summed E-state index contributed by atoms with van der Waals surface area (Å²) in [6, 6.07) is 3.86. The van der Waals surface area contributed by atoms with E-state index in [0.29, 0.717) is 17.9 Å². The molecule has 1 saturated heterocycles. The van der Waals surface area contributed by atoms with Crippen LogP contribution in [0.15, 0.2) is 12.1 Å². The zero-order chi connectivity index (χ0) is 11.0. The first-order chi connectivity index (χ1) is 7.13. The lowest BCUT2D eigenvalue weighted by molar-refractivity contribution is 0.0950. The second-order valence-electron chi connectivity index (χ2n) is 3.85. The molecule has 80 valence electrons. The quantitative estimate of drug-likeness (QED) is 0.560. The second kappa shape index (κ2) is 3.66. The third-order valence-electron chi connectivity index (χ3n) is 2.54. The van der Waals surface area contributed by atoms with E-state index in [0.717, 1.165) is 11.1 Å². The van der Waals surface area contributed by atoms with Gasteiger partial charge in [0.15, 0.2) is 5.78 Å². The van der Waals surface area contributed by atoms with E-state index in [1.165, 1.54) is 0 Å². The van der Waals surface area contributed by atoms with E-state index in [-0.39, 0.29) is 11.9 Å². The number of Topliss-reactive ketones (excluding diaryl/α,β-unsaturated/α-hetero) is 1. The Labute approximate surface area is 89.0 Å². The lowest BCUT2D eigenvalue weighted by atomic mass is 9.99. The molecule has 3 heteroatoms. The van der Waals surface area contributed by atoms with Crippen LogP contribution >= 0.6 is 0 Å². The Bertz CT molecular complexity index is 406. The lowest BCUT2D eigenvalue weighted by Gasteiger charge is -2.10. The normalized spacial score (nSPS) is 18.7. The van der Waals surface area contributed by atoms with Gasteiger partial charge in [-0.3, -0.25) is 4.79 Å². The number of rotatable bonds is 3. The third-order valence-corrected chi connectivity index (χ3v) is 2.54. The molecule has 1 aliphatic rings. The van der Waals surface area contributed by atoms with Gasteiger partial charge in [0.2, 0.25) is 0 Å². The first-order valence-corrected chi connectivity index (χ1v) is 4.94. The predicted octanol–water partition coefficient (Wildman–Crippen LogP) is 1.89. The Morgan fingerprint density at radius 2 is 2.13 bits per heavy atom. The van der Waals surface area contributed by atoms with Crippen molar-refractivity contribution in [3.8, 4) is 5.75 Å². The number of ketones is 1. The van der Waals surface area contributed by atoms with E-state index >= 15 is 0 Å². The van der Waals surface area contributed by atoms with Gasteiger partial charge in [0.1, 0.15) is 11.9 Å². The Morgan fingerprint density at radius 1 is 1.47 bits per heavy atom. The van der Waals surface area contributed by atoms with Gasteiger partial charge in [-0.15, -0.1) is 0 Å². The summed E-state index contributed by atoms with van der Waals surface area (Å²) in [4.78, 5) is 11.9. The maximum atomic E-state index is 11.9. The molecule has 1 fully saturated rings. The molecule has 15 heavy (non-hydrogen) atoms. The molecule has 0 spiro atoms. The molecule has 0 aromatic heterocycles. The molecule has 2 rings (SSSR count). The Hall–Kier alpha value is -1.35. The van der Waals surface area contributed by atoms with Crippen LogP contribution in [0.25, 0.3) is 0 Å². The molecule has 0 saturated carbocycles. The molecule has 0 aliphatic carbocycles. The average molecular weight is 206 g/mol. The second-order valence-corrected chi connectivity index (χ2v) is 3.85. The fraction of sp³-hybridized carbons (Fsp3) is 0.417. The van der Waals surface area contributed by atoms with Crippen LogP contribution in [-0.4, -0.2) is 25.6 Å². The summed E-state index contributed by atoms with van der Waals surface area (Å²) in [6.45, 7) is 4.44. The van der Waals surface area contributed by atoms with Gasteiger partial charge in [0.25, 0.3) is 0 Å². The Morgan fingerprint density at radius 3 is 2.67 bits per heavy atom. The fourth-order valence-corrected chi connectivity index (χ4v) is 1.77. The van der Waals surface area contributed by atoms with Gasteiger partial charge in [-0.2, -0.15) is 0 Å². The largest absolute Gasteiger partial charge is 0.496 e. The topological polar surface area (TPSA) is 38.8 Å². The molecule has 0 N–H and O–H groups in total. The molecule has 0 amide bonds. The van der Waals surface area contributed by atoms with Gasteiger partial charge >= 0.3 is 0 Å². The number of hydrogen-bond donors (Lipinski definition) is 0. The van der Waals surface area contributed by atoms with Crippen molar-refractivity contribution in [2.75, 3.05) is 13.7 Å². The van der Waals surface area contributed by atoms with Crippen LogP contribution in [0.4, 0.5) is 0 Å². The summed E-state index contributed by atoms with van der Waals surface area (Å²) in [7, 11) is 1.58. The molecule has 1 aromatic rings. The highest BCUT2D eigenvalue weighted by Crippen LogP contribution is 2.28. The molecule has 1 heterocycles. The highest BCUT2D eigenvalue weighted by Gasteiger charge is 2.34. The molecule has 1 atom stereocenters. The van der Waals surface area contributed by atoms with Crippen molar-refractivity contribution in [1.82, 2.24) is 0 Å². The zero-order valence-electron chi connectivity index (χ0n) is 9.16. The van der Waals surface area contributed by atoms with Crippen LogP contribution < -0.4 is 4.74 Å². The summed E-state index contributed by atoms with van der Waals surface area (Å²) in [6.07, 6.45) is -0.250. The maximum Gasteiger partial charge on any atom is 0.197 e. The van der Waals surface area contributed by atoms with Gasteiger partial charge < -0.3 is 9.47 Å². The van der Waals surface area contributed by atoms with Gasteiger partial charge in [0.05, 0.1) is 19.3 Å². The molecule has 1 aromatic carbocycles. The summed E-state index contributed by atoms with van der Waals surface area (Å²) in [5.41, 5.74) is 2.70. The molecule has 0 bridgehead atoms. The Kier molecular flexibility index (Phi) is 2.49. The predicted molar refractivity (Wildman–Crippen MR) is 56.5 cm³/mol. The number of epoxide rings is 1. The van der Waals surface area contributed by atoms with Crippen molar-refractivity contribution in [1.29, 1.82) is 0 Å². The van der Waals surface area contributed by atoms with Gasteiger partial charge in [0, 0.05) is 0 Å². The van der Waals surface area contributed by atoms with E-state index in [1.807, 2.05) is 26.0 Å². The van der Waals surface area contributed by atoms with E-state index in [4.69, 9.17) is 9.47 Å². The van der Waals surface area contributed by atoms with Crippen molar-refractivity contribution < 1.29 is 14.3 Å².